The SMILES string of the molecule is COCCN(C)C(=O)C[C@@H](C)c1ccc(OC2CCN(c3ccc(OCC4CC4(F)F)cn3)C2)cc1. The van der Waals surface area contributed by atoms with Crippen molar-refractivity contribution in [3.8, 4) is 11.5 Å². The lowest BCUT2D eigenvalue weighted by atomic mass is 9.97. The number of rotatable bonds is 12. The monoisotopic (exact) mass is 503 g/mol. The van der Waals surface area contributed by atoms with Crippen LogP contribution in [-0.4, -0.2) is 74.8 Å². The van der Waals surface area contributed by atoms with Crippen molar-refractivity contribution in [3.63, 3.8) is 0 Å². The van der Waals surface area contributed by atoms with E-state index < -0.39 is 11.8 Å². The van der Waals surface area contributed by atoms with E-state index in [-0.39, 0.29) is 31.0 Å². The van der Waals surface area contributed by atoms with Gasteiger partial charge in [0.15, 0.2) is 0 Å². The topological polar surface area (TPSA) is 64.1 Å². The van der Waals surface area contributed by atoms with Crippen LogP contribution in [0.3, 0.4) is 0 Å². The van der Waals surface area contributed by atoms with Crippen LogP contribution < -0.4 is 14.4 Å². The van der Waals surface area contributed by atoms with Gasteiger partial charge in [0.1, 0.15) is 23.4 Å². The number of alkyl halides is 2. The molecule has 0 N–H and O–H groups in total. The Bertz CT molecular complexity index is 1000. The first-order chi connectivity index (χ1) is 17.2. The third-order valence-corrected chi connectivity index (χ3v) is 6.89. The summed E-state index contributed by atoms with van der Waals surface area (Å²) in [4.78, 5) is 20.7. The van der Waals surface area contributed by atoms with E-state index in [1.165, 1.54) is 0 Å². The van der Waals surface area contributed by atoms with Crippen LogP contribution in [-0.2, 0) is 9.53 Å². The molecule has 1 amide bonds. The van der Waals surface area contributed by atoms with E-state index in [1.807, 2.05) is 30.3 Å². The zero-order valence-electron chi connectivity index (χ0n) is 21.2. The van der Waals surface area contributed by atoms with Gasteiger partial charge in [0.2, 0.25) is 5.91 Å². The molecule has 3 atom stereocenters. The molecular weight excluding hydrogens is 468 g/mol. The highest BCUT2D eigenvalue weighted by atomic mass is 19.3. The lowest BCUT2D eigenvalue weighted by molar-refractivity contribution is -0.130. The lowest BCUT2D eigenvalue weighted by Gasteiger charge is -2.20. The molecule has 7 nitrogen and oxygen atoms in total. The molecule has 1 aromatic heterocycles. The Hall–Kier alpha value is -2.94. The fourth-order valence-corrected chi connectivity index (χ4v) is 4.28. The van der Waals surface area contributed by atoms with Crippen molar-refractivity contribution in [2.24, 2.45) is 5.92 Å². The highest BCUT2D eigenvalue weighted by molar-refractivity contribution is 5.76. The van der Waals surface area contributed by atoms with Gasteiger partial charge in [-0.2, -0.15) is 0 Å². The second-order valence-electron chi connectivity index (χ2n) is 9.78. The molecule has 0 spiro atoms. The minimum atomic E-state index is -2.57. The third-order valence-electron chi connectivity index (χ3n) is 6.89. The number of amides is 1. The minimum Gasteiger partial charge on any atom is -0.491 e. The Kier molecular flexibility index (Phi) is 8.28. The molecule has 2 aliphatic rings. The minimum absolute atomic E-state index is 0.0208. The van der Waals surface area contributed by atoms with Crippen LogP contribution in [0.5, 0.6) is 11.5 Å². The van der Waals surface area contributed by atoms with Crippen molar-refractivity contribution in [1.82, 2.24) is 9.88 Å². The van der Waals surface area contributed by atoms with Crippen LogP contribution in [0, 0.1) is 5.92 Å². The molecule has 1 saturated carbocycles. The Balaban J connectivity index is 1.22. The van der Waals surface area contributed by atoms with Gasteiger partial charge < -0.3 is 24.0 Å². The van der Waals surface area contributed by atoms with E-state index in [4.69, 9.17) is 14.2 Å². The second-order valence-corrected chi connectivity index (χ2v) is 9.78. The van der Waals surface area contributed by atoms with Gasteiger partial charge in [-0.1, -0.05) is 19.1 Å². The predicted molar refractivity (Wildman–Crippen MR) is 133 cm³/mol. The Labute approximate surface area is 211 Å². The molecule has 36 heavy (non-hydrogen) atoms. The van der Waals surface area contributed by atoms with E-state index in [0.29, 0.717) is 31.9 Å². The van der Waals surface area contributed by atoms with Crippen molar-refractivity contribution in [2.75, 3.05) is 51.9 Å². The molecule has 0 radical (unpaired) electrons. The van der Waals surface area contributed by atoms with Crippen LogP contribution >= 0.6 is 0 Å². The summed E-state index contributed by atoms with van der Waals surface area (Å²) in [6.07, 6.45) is 2.85. The average Bonchev–Trinajstić information content (AvgIpc) is 3.24. The summed E-state index contributed by atoms with van der Waals surface area (Å²) in [6.45, 7) is 4.72. The number of halogens is 2. The van der Waals surface area contributed by atoms with Crippen LogP contribution in [0.1, 0.15) is 37.7 Å². The van der Waals surface area contributed by atoms with Crippen molar-refractivity contribution < 1.29 is 27.8 Å². The highest BCUT2D eigenvalue weighted by Crippen LogP contribution is 2.48. The quantitative estimate of drug-likeness (QED) is 0.429. The van der Waals surface area contributed by atoms with Crippen molar-refractivity contribution in [3.05, 3.63) is 48.2 Å². The maximum Gasteiger partial charge on any atom is 0.255 e. The molecule has 2 fully saturated rings. The van der Waals surface area contributed by atoms with E-state index in [0.717, 1.165) is 30.1 Å². The van der Waals surface area contributed by atoms with Crippen LogP contribution in [0.25, 0.3) is 0 Å². The van der Waals surface area contributed by atoms with Gasteiger partial charge in [-0.05, 0) is 35.7 Å². The molecule has 1 aliphatic carbocycles. The summed E-state index contributed by atoms with van der Waals surface area (Å²) in [6, 6.07) is 11.6. The molecule has 2 aromatic rings. The maximum absolute atomic E-state index is 13.0. The van der Waals surface area contributed by atoms with Crippen molar-refractivity contribution in [1.29, 1.82) is 0 Å². The number of benzene rings is 1. The number of anilines is 1. The number of nitrogens with zero attached hydrogens (tertiary/aromatic N) is 3. The smallest absolute Gasteiger partial charge is 0.255 e. The van der Waals surface area contributed by atoms with Crippen LogP contribution in [0.15, 0.2) is 42.6 Å². The number of aromatic nitrogens is 1. The molecule has 2 heterocycles. The van der Waals surface area contributed by atoms with E-state index in [9.17, 15) is 13.6 Å². The van der Waals surface area contributed by atoms with E-state index >= 15 is 0 Å². The normalized spacial score (nSPS) is 21.2. The summed E-state index contributed by atoms with van der Waals surface area (Å²) in [7, 11) is 3.43. The zero-order chi connectivity index (χ0) is 25.7. The Morgan fingerprint density at radius 1 is 1.22 bits per heavy atom. The number of ether oxygens (including phenoxy) is 3. The second kappa shape index (κ2) is 11.4. The number of carbonyl (C=O) groups is 1. The number of hydrogen-bond donors (Lipinski definition) is 0. The average molecular weight is 504 g/mol. The van der Waals surface area contributed by atoms with E-state index in [1.54, 1.807) is 31.3 Å². The first-order valence-corrected chi connectivity index (χ1v) is 12.5. The number of hydrogen-bond acceptors (Lipinski definition) is 6. The maximum atomic E-state index is 13.0. The molecular formula is C27H35F2N3O4. The van der Waals surface area contributed by atoms with Gasteiger partial charge in [0.25, 0.3) is 5.92 Å². The number of pyridine rings is 1. The number of carbonyl (C=O) groups excluding carboxylic acids is 1. The van der Waals surface area contributed by atoms with Gasteiger partial charge in [0.05, 0.1) is 31.9 Å². The molecule has 9 heteroatoms. The summed E-state index contributed by atoms with van der Waals surface area (Å²) >= 11 is 0. The van der Waals surface area contributed by atoms with Gasteiger partial charge in [-0.15, -0.1) is 0 Å². The summed E-state index contributed by atoms with van der Waals surface area (Å²) in [5.74, 6) is -0.922. The molecule has 4 rings (SSSR count). The summed E-state index contributed by atoms with van der Waals surface area (Å²) in [5.41, 5.74) is 1.10. The number of likely N-dealkylation sites (N-methyl/N-ethyl adjacent to an activating group) is 1. The Morgan fingerprint density at radius 2 is 1.94 bits per heavy atom. The zero-order valence-corrected chi connectivity index (χ0v) is 21.2. The molecule has 1 aromatic carbocycles. The Morgan fingerprint density at radius 3 is 2.58 bits per heavy atom. The molecule has 2 unspecified atom stereocenters. The van der Waals surface area contributed by atoms with Crippen molar-refractivity contribution in [2.45, 2.75) is 44.1 Å². The fourth-order valence-electron chi connectivity index (χ4n) is 4.28. The van der Waals surface area contributed by atoms with Crippen LogP contribution in [0.2, 0.25) is 0 Å². The molecule has 1 saturated heterocycles. The highest BCUT2D eigenvalue weighted by Gasteiger charge is 2.57. The summed E-state index contributed by atoms with van der Waals surface area (Å²) in [5, 5.41) is 0. The van der Waals surface area contributed by atoms with E-state index in [2.05, 4.69) is 16.8 Å². The predicted octanol–water partition coefficient (Wildman–Crippen LogP) is 4.37. The van der Waals surface area contributed by atoms with Gasteiger partial charge in [0, 0.05) is 46.5 Å². The standard InChI is InChI=1S/C27H35F2N3O4/c1-19(14-26(33)31(2)12-13-34-3)20-4-6-22(7-5-20)36-24-10-11-32(17-24)25-9-8-23(16-30-25)35-18-21-15-27(21,28)29/h4-9,16,19,21,24H,10-15,17-18H2,1-3H3/t19-,21?,24?/m1/s1. The summed E-state index contributed by atoms with van der Waals surface area (Å²) < 4.78 is 42.7. The molecule has 1 aliphatic heterocycles. The number of methoxy groups -OCH3 is 1. The third kappa shape index (κ3) is 6.84. The fraction of sp³-hybridized carbons (Fsp3) is 0.556. The lowest BCUT2D eigenvalue weighted by Crippen LogP contribution is -2.30. The van der Waals surface area contributed by atoms with Gasteiger partial charge >= 0.3 is 0 Å². The van der Waals surface area contributed by atoms with Crippen LogP contribution in [0.4, 0.5) is 14.6 Å². The van der Waals surface area contributed by atoms with Gasteiger partial charge in [-0.25, -0.2) is 13.8 Å². The van der Waals surface area contributed by atoms with Gasteiger partial charge in [-0.3, -0.25) is 4.79 Å². The first kappa shape index (κ1) is 26.1. The van der Waals surface area contributed by atoms with Crippen molar-refractivity contribution >= 4 is 11.7 Å². The largest absolute Gasteiger partial charge is 0.491 e. The first-order valence-electron chi connectivity index (χ1n) is 12.5. The molecule has 196 valence electrons. The molecule has 0 bridgehead atoms.